The number of esters is 1. The molecule has 1 heterocycles. The van der Waals surface area contributed by atoms with Crippen LogP contribution in [-0.2, 0) is 25.6 Å². The molecule has 1 aliphatic heterocycles. The van der Waals surface area contributed by atoms with Crippen LogP contribution in [0.1, 0.15) is 32.8 Å². The van der Waals surface area contributed by atoms with Gasteiger partial charge in [-0.3, -0.25) is 0 Å². The van der Waals surface area contributed by atoms with Crippen LogP contribution in [0, 0.1) is 0 Å². The molecule has 1 N–H and O–H groups in total. The maximum Gasteiger partial charge on any atom is 0.330 e. The Balaban J connectivity index is 2.31. The predicted molar refractivity (Wildman–Crippen MR) is 117 cm³/mol. The van der Waals surface area contributed by atoms with Crippen molar-refractivity contribution < 1.29 is 24.1 Å². The highest BCUT2D eigenvalue weighted by atomic mass is 28.3. The summed E-state index contributed by atoms with van der Waals surface area (Å²) < 4.78 is 17.4. The third-order valence-corrected chi connectivity index (χ3v) is 6.78. The molecule has 1 aromatic rings. The Morgan fingerprint density at radius 1 is 1.24 bits per heavy atom. The zero-order chi connectivity index (χ0) is 21.7. The molecular formula is C23H36O5Si. The molecule has 29 heavy (non-hydrogen) atoms. The summed E-state index contributed by atoms with van der Waals surface area (Å²) in [5, 5.41) is 10.0. The fourth-order valence-corrected chi connectivity index (χ4v) is 5.17. The van der Waals surface area contributed by atoms with Crippen LogP contribution in [0.3, 0.4) is 0 Å². The second-order valence-corrected chi connectivity index (χ2v) is 14.9. The molecular weight excluding hydrogens is 384 g/mol. The summed E-state index contributed by atoms with van der Waals surface area (Å²) in [5.74, 6) is -0.344. The Bertz CT molecular complexity index is 708. The second-order valence-electron chi connectivity index (χ2n) is 9.46. The number of epoxide rings is 1. The van der Waals surface area contributed by atoms with Crippen molar-refractivity contribution in [2.45, 2.75) is 76.8 Å². The van der Waals surface area contributed by atoms with Gasteiger partial charge < -0.3 is 19.3 Å². The van der Waals surface area contributed by atoms with Crippen LogP contribution in [-0.4, -0.2) is 49.7 Å². The van der Waals surface area contributed by atoms with Crippen molar-refractivity contribution in [2.75, 3.05) is 13.2 Å². The van der Waals surface area contributed by atoms with Gasteiger partial charge in [-0.1, -0.05) is 50.0 Å². The molecule has 162 valence electrons. The molecule has 1 aromatic carbocycles. The summed E-state index contributed by atoms with van der Waals surface area (Å²) >= 11 is 0. The lowest BCUT2D eigenvalue weighted by Crippen LogP contribution is -2.35. The van der Waals surface area contributed by atoms with Gasteiger partial charge in [0.1, 0.15) is 5.60 Å². The molecule has 0 saturated carbocycles. The Hall–Kier alpha value is -1.47. The number of ether oxygens (including phenoxy) is 3. The van der Waals surface area contributed by atoms with Crippen LogP contribution in [0.25, 0.3) is 0 Å². The Morgan fingerprint density at radius 3 is 2.34 bits per heavy atom. The number of carbonyl (C=O) groups is 1. The highest BCUT2D eigenvalue weighted by molar-refractivity contribution is 6.76. The van der Waals surface area contributed by atoms with E-state index in [1.54, 1.807) is 13.0 Å². The van der Waals surface area contributed by atoms with E-state index >= 15 is 0 Å². The smallest absolute Gasteiger partial charge is 0.330 e. The third-order valence-electron chi connectivity index (χ3n) is 5.31. The lowest BCUT2D eigenvalue weighted by Gasteiger charge is -2.28. The average Bonchev–Trinajstić information content (AvgIpc) is 3.19. The van der Waals surface area contributed by atoms with E-state index in [0.29, 0.717) is 19.6 Å². The first-order valence-corrected chi connectivity index (χ1v) is 14.1. The van der Waals surface area contributed by atoms with Crippen molar-refractivity contribution in [3.05, 3.63) is 47.5 Å². The standard InChI is InChI=1S/C23H36O5Si/c1-7-26-21(25)13-19(16-29(4,5)6)20(14-23(17-24)22(2,3)28-23)27-15-18-11-9-8-10-12-18/h8-13,20,24H,7,14-17H2,1-6H3/b19-13+/t20-,23+/m0/s1. The number of benzene rings is 1. The highest BCUT2D eigenvalue weighted by Crippen LogP contribution is 2.51. The van der Waals surface area contributed by atoms with E-state index in [0.717, 1.165) is 17.2 Å². The van der Waals surface area contributed by atoms with Crippen LogP contribution < -0.4 is 0 Å². The maximum atomic E-state index is 12.3. The molecule has 0 amide bonds. The van der Waals surface area contributed by atoms with E-state index in [9.17, 15) is 9.90 Å². The fourth-order valence-electron chi connectivity index (χ4n) is 3.61. The average molecular weight is 421 g/mol. The van der Waals surface area contributed by atoms with Crippen LogP contribution in [0.2, 0.25) is 25.7 Å². The van der Waals surface area contributed by atoms with Crippen LogP contribution in [0.15, 0.2) is 42.0 Å². The van der Waals surface area contributed by atoms with E-state index in [2.05, 4.69) is 19.6 Å². The topological polar surface area (TPSA) is 68.3 Å². The van der Waals surface area contributed by atoms with Crippen molar-refractivity contribution >= 4 is 14.0 Å². The van der Waals surface area contributed by atoms with Gasteiger partial charge in [-0.2, -0.15) is 0 Å². The van der Waals surface area contributed by atoms with Crippen molar-refractivity contribution in [1.82, 2.24) is 0 Å². The van der Waals surface area contributed by atoms with E-state index in [1.807, 2.05) is 44.2 Å². The minimum Gasteiger partial charge on any atom is -0.463 e. The van der Waals surface area contributed by atoms with Crippen LogP contribution in [0.4, 0.5) is 0 Å². The van der Waals surface area contributed by atoms with Crippen molar-refractivity contribution in [1.29, 1.82) is 0 Å². The zero-order valence-electron chi connectivity index (χ0n) is 18.7. The Morgan fingerprint density at radius 2 is 1.86 bits per heavy atom. The normalized spacial score (nSPS) is 22.2. The highest BCUT2D eigenvalue weighted by Gasteiger charge is 2.64. The lowest BCUT2D eigenvalue weighted by molar-refractivity contribution is -0.137. The molecule has 1 aliphatic rings. The minimum atomic E-state index is -1.54. The molecule has 6 heteroatoms. The van der Waals surface area contributed by atoms with Gasteiger partial charge >= 0.3 is 5.97 Å². The Labute approximate surface area is 176 Å². The van der Waals surface area contributed by atoms with E-state index < -0.39 is 19.3 Å². The van der Waals surface area contributed by atoms with Gasteiger partial charge in [0.2, 0.25) is 0 Å². The first kappa shape index (κ1) is 23.8. The molecule has 0 aliphatic carbocycles. The van der Waals surface area contributed by atoms with E-state index in [4.69, 9.17) is 14.2 Å². The predicted octanol–water partition coefficient (Wildman–Crippen LogP) is 4.33. The maximum absolute atomic E-state index is 12.3. The molecule has 0 radical (unpaired) electrons. The second kappa shape index (κ2) is 9.56. The van der Waals surface area contributed by atoms with Crippen LogP contribution >= 0.6 is 0 Å². The SMILES string of the molecule is CCOC(=O)/C=C(\C[Si](C)(C)C)[C@H](C[C@]1(CO)OC1(C)C)OCc1ccccc1. The number of hydrogen-bond donors (Lipinski definition) is 1. The van der Waals surface area contributed by atoms with Crippen molar-refractivity contribution in [3.8, 4) is 0 Å². The number of aliphatic hydroxyl groups excluding tert-OH is 1. The van der Waals surface area contributed by atoms with Crippen molar-refractivity contribution in [3.63, 3.8) is 0 Å². The number of aliphatic hydroxyl groups is 1. The van der Waals surface area contributed by atoms with Crippen molar-refractivity contribution in [2.24, 2.45) is 0 Å². The van der Waals surface area contributed by atoms with Gasteiger partial charge in [0.25, 0.3) is 0 Å². The third kappa shape index (κ3) is 6.78. The lowest BCUT2D eigenvalue weighted by atomic mass is 9.88. The summed E-state index contributed by atoms with van der Waals surface area (Å²) in [5.41, 5.74) is 0.930. The summed E-state index contributed by atoms with van der Waals surface area (Å²) in [6, 6.07) is 10.8. The first-order chi connectivity index (χ1) is 13.5. The van der Waals surface area contributed by atoms with Gasteiger partial charge in [0.05, 0.1) is 31.5 Å². The molecule has 5 nitrogen and oxygen atoms in total. The molecule has 1 fully saturated rings. The number of rotatable bonds is 11. The quantitative estimate of drug-likeness (QED) is 0.250. The Kier molecular flexibility index (Phi) is 7.84. The monoisotopic (exact) mass is 420 g/mol. The first-order valence-electron chi connectivity index (χ1n) is 10.4. The van der Waals surface area contributed by atoms with Gasteiger partial charge in [-0.05, 0) is 38.0 Å². The van der Waals surface area contributed by atoms with Gasteiger partial charge in [-0.15, -0.1) is 0 Å². The van der Waals surface area contributed by atoms with E-state index in [-0.39, 0.29) is 18.7 Å². The van der Waals surface area contributed by atoms with Gasteiger partial charge in [-0.25, -0.2) is 4.79 Å². The number of carbonyl (C=O) groups excluding carboxylic acids is 1. The molecule has 2 rings (SSSR count). The summed E-state index contributed by atoms with van der Waals surface area (Å²) in [6.07, 6.45) is 1.76. The van der Waals surface area contributed by atoms with Gasteiger partial charge in [0, 0.05) is 20.6 Å². The molecule has 2 atom stereocenters. The number of hydrogen-bond acceptors (Lipinski definition) is 5. The van der Waals surface area contributed by atoms with Gasteiger partial charge in [0.15, 0.2) is 0 Å². The summed E-state index contributed by atoms with van der Waals surface area (Å²) in [7, 11) is -1.54. The van der Waals surface area contributed by atoms with E-state index in [1.165, 1.54) is 0 Å². The molecule has 0 bridgehead atoms. The minimum absolute atomic E-state index is 0.0785. The largest absolute Gasteiger partial charge is 0.463 e. The molecule has 0 unspecified atom stereocenters. The summed E-state index contributed by atoms with van der Waals surface area (Å²) in [4.78, 5) is 12.3. The zero-order valence-corrected chi connectivity index (χ0v) is 19.7. The summed E-state index contributed by atoms with van der Waals surface area (Å²) in [6.45, 7) is 13.2. The molecule has 0 aromatic heterocycles. The van der Waals surface area contributed by atoms with Crippen LogP contribution in [0.5, 0.6) is 0 Å². The fraction of sp³-hybridized carbons (Fsp3) is 0.609. The molecule has 0 spiro atoms. The molecule has 1 saturated heterocycles.